The first kappa shape index (κ1) is 38.1. The van der Waals surface area contributed by atoms with E-state index < -0.39 is 5.91 Å². The zero-order valence-corrected chi connectivity index (χ0v) is 30.0. The van der Waals surface area contributed by atoms with E-state index in [0.717, 1.165) is 77.8 Å². The number of carbonyl (C=O) groups excluding carboxylic acids is 1. The first-order chi connectivity index (χ1) is 21.7. The maximum absolute atomic E-state index is 12.5. The van der Waals surface area contributed by atoms with Gasteiger partial charge in [0.25, 0.3) is 5.91 Å². The standard InChI is InChI=1S/C26H34N4O.C7H14.C5H10.C2H6/c1-6-12-30(5)23-15-21(20(8-3)25(28-9-4)24(23)26(27)31)18-10-11-19-13-17(7-2)16-29-22(19)14-18;1-7-5-3-2-4-6-7;1-5-3-2-4-5;1-2/h9-11,14-17,28H,4,6-8,12-13H2,1-3,5H3,(H2,27,31);7H,2-6H2,1H3;5H,2-4H2,1H3;1-2H3. The van der Waals surface area contributed by atoms with E-state index in [2.05, 4.69) is 81.9 Å². The van der Waals surface area contributed by atoms with Gasteiger partial charge in [-0.25, -0.2) is 0 Å². The maximum atomic E-state index is 12.5. The van der Waals surface area contributed by atoms with Gasteiger partial charge in [-0.3, -0.25) is 9.79 Å². The number of anilines is 2. The number of carbonyl (C=O) groups is 1. The molecule has 0 spiro atoms. The van der Waals surface area contributed by atoms with Crippen LogP contribution in [-0.2, 0) is 12.8 Å². The Morgan fingerprint density at radius 2 is 1.67 bits per heavy atom. The summed E-state index contributed by atoms with van der Waals surface area (Å²) in [5.74, 6) is 2.17. The van der Waals surface area contributed by atoms with Crippen LogP contribution in [0, 0.1) is 17.8 Å². The van der Waals surface area contributed by atoms with Crippen molar-refractivity contribution in [1.82, 2.24) is 0 Å². The van der Waals surface area contributed by atoms with Gasteiger partial charge in [0.1, 0.15) is 0 Å². The fraction of sp³-hybridized carbons (Fsp3) is 0.600. The molecule has 2 fully saturated rings. The van der Waals surface area contributed by atoms with Gasteiger partial charge in [0.2, 0.25) is 0 Å². The van der Waals surface area contributed by atoms with Crippen molar-refractivity contribution < 1.29 is 4.79 Å². The number of benzene rings is 2. The monoisotopic (exact) mass is 617 g/mol. The quantitative estimate of drug-likeness (QED) is 0.294. The van der Waals surface area contributed by atoms with Gasteiger partial charge < -0.3 is 16.0 Å². The average molecular weight is 617 g/mol. The predicted molar refractivity (Wildman–Crippen MR) is 199 cm³/mol. The lowest BCUT2D eigenvalue weighted by Gasteiger charge is -2.27. The second kappa shape index (κ2) is 20.1. The van der Waals surface area contributed by atoms with Crippen molar-refractivity contribution in [1.29, 1.82) is 0 Å². The maximum Gasteiger partial charge on any atom is 0.252 e. The third kappa shape index (κ3) is 11.0. The molecule has 5 heteroatoms. The van der Waals surface area contributed by atoms with Crippen LogP contribution in [0.3, 0.4) is 0 Å². The molecule has 0 aromatic heterocycles. The van der Waals surface area contributed by atoms with Gasteiger partial charge in [-0.15, -0.1) is 0 Å². The Morgan fingerprint density at radius 3 is 2.13 bits per heavy atom. The number of nitrogens with zero attached hydrogens (tertiary/aromatic N) is 2. The van der Waals surface area contributed by atoms with Gasteiger partial charge in [0, 0.05) is 19.8 Å². The molecule has 5 nitrogen and oxygen atoms in total. The van der Waals surface area contributed by atoms with Crippen molar-refractivity contribution in [3.05, 3.63) is 53.7 Å². The summed E-state index contributed by atoms with van der Waals surface area (Å²) in [6.07, 6.45) is 19.4. The molecule has 3 aliphatic rings. The molecule has 45 heavy (non-hydrogen) atoms. The lowest BCUT2D eigenvalue weighted by Crippen LogP contribution is -2.25. The van der Waals surface area contributed by atoms with Crippen molar-refractivity contribution in [3.8, 4) is 11.1 Å². The molecule has 0 radical (unpaired) electrons. The molecule has 0 saturated heterocycles. The average Bonchev–Trinajstić information content (AvgIpc) is 3.04. The summed E-state index contributed by atoms with van der Waals surface area (Å²) in [4.78, 5) is 19.3. The third-order valence-electron chi connectivity index (χ3n) is 9.35. The number of primary amides is 1. The zero-order valence-electron chi connectivity index (χ0n) is 30.0. The van der Waals surface area contributed by atoms with Gasteiger partial charge in [-0.2, -0.15) is 0 Å². The van der Waals surface area contributed by atoms with E-state index >= 15 is 0 Å². The highest BCUT2D eigenvalue weighted by Gasteiger charge is 2.24. The minimum Gasteiger partial charge on any atom is -0.374 e. The molecule has 1 heterocycles. The fourth-order valence-corrected chi connectivity index (χ4v) is 6.32. The van der Waals surface area contributed by atoms with E-state index in [1.54, 1.807) is 6.20 Å². The van der Waals surface area contributed by atoms with Crippen LogP contribution in [-0.4, -0.2) is 25.7 Å². The molecule has 250 valence electrons. The third-order valence-corrected chi connectivity index (χ3v) is 9.35. The molecule has 0 bridgehead atoms. The van der Waals surface area contributed by atoms with Crippen molar-refractivity contribution in [2.75, 3.05) is 23.8 Å². The SMILES string of the molecule is C=CNc1c(CC)c(-c2ccc3c(c2)N=CC(CC)C3)cc(N(C)CCC)c1C(N)=O.CC.CC1CCC1.CC1CCCCC1. The second-order valence-electron chi connectivity index (χ2n) is 12.9. The topological polar surface area (TPSA) is 70.7 Å². The Labute approximate surface area is 276 Å². The molecule has 3 N–H and O–H groups in total. The normalized spacial score (nSPS) is 17.1. The Kier molecular flexibility index (Phi) is 17.0. The van der Waals surface area contributed by atoms with Gasteiger partial charge in [-0.1, -0.05) is 119 Å². The number of aliphatic imine (C=N–C) groups is 1. The number of nitrogens with two attached hydrogens (primary N) is 1. The van der Waals surface area contributed by atoms with Crippen molar-refractivity contribution in [3.63, 3.8) is 0 Å². The van der Waals surface area contributed by atoms with Crippen LogP contribution in [0.5, 0.6) is 0 Å². The molecule has 1 atom stereocenters. The minimum atomic E-state index is -0.441. The van der Waals surface area contributed by atoms with E-state index in [4.69, 9.17) is 10.7 Å². The first-order valence-corrected chi connectivity index (χ1v) is 18.0. The zero-order chi connectivity index (χ0) is 33.4. The van der Waals surface area contributed by atoms with E-state index in [0.29, 0.717) is 11.5 Å². The molecule has 1 aliphatic heterocycles. The van der Waals surface area contributed by atoms with Crippen LogP contribution >= 0.6 is 0 Å². The highest BCUT2D eigenvalue weighted by Crippen LogP contribution is 2.41. The number of fused-ring (bicyclic) bond motifs is 1. The Morgan fingerprint density at radius 1 is 1.02 bits per heavy atom. The number of hydrogen-bond acceptors (Lipinski definition) is 4. The summed E-state index contributed by atoms with van der Waals surface area (Å²) in [5, 5.41) is 3.21. The molecule has 2 saturated carbocycles. The molecule has 2 aromatic carbocycles. The molecule has 2 aliphatic carbocycles. The van der Waals surface area contributed by atoms with E-state index in [1.807, 2.05) is 20.9 Å². The van der Waals surface area contributed by atoms with Crippen molar-refractivity contribution in [2.45, 2.75) is 126 Å². The van der Waals surface area contributed by atoms with Crippen LogP contribution < -0.4 is 16.0 Å². The summed E-state index contributed by atoms with van der Waals surface area (Å²) < 4.78 is 0. The largest absolute Gasteiger partial charge is 0.374 e. The molecular formula is C40H64N4O. The van der Waals surface area contributed by atoms with Gasteiger partial charge in [0.15, 0.2) is 0 Å². The summed E-state index contributed by atoms with van der Waals surface area (Å²) in [6, 6.07) is 8.64. The number of amides is 1. The van der Waals surface area contributed by atoms with E-state index in [1.165, 1.54) is 56.9 Å². The fourth-order valence-electron chi connectivity index (χ4n) is 6.32. The smallest absolute Gasteiger partial charge is 0.252 e. The summed E-state index contributed by atoms with van der Waals surface area (Å²) >= 11 is 0. The molecular weight excluding hydrogens is 552 g/mol. The first-order valence-electron chi connectivity index (χ1n) is 18.0. The van der Waals surface area contributed by atoms with Crippen LogP contribution in [0.2, 0.25) is 0 Å². The summed E-state index contributed by atoms with van der Waals surface area (Å²) in [6.45, 7) is 19.7. The molecule has 1 amide bonds. The highest BCUT2D eigenvalue weighted by atomic mass is 16.1. The van der Waals surface area contributed by atoms with Crippen molar-refractivity contribution in [2.24, 2.45) is 28.5 Å². The predicted octanol–water partition coefficient (Wildman–Crippen LogP) is 11.1. The van der Waals surface area contributed by atoms with Crippen LogP contribution in [0.15, 0.2) is 42.0 Å². The number of nitrogens with one attached hydrogen (secondary N) is 1. The summed E-state index contributed by atoms with van der Waals surface area (Å²) in [5.41, 5.74) is 13.5. The van der Waals surface area contributed by atoms with Crippen molar-refractivity contribution >= 4 is 29.2 Å². The van der Waals surface area contributed by atoms with E-state index in [9.17, 15) is 4.79 Å². The minimum absolute atomic E-state index is 0.441. The molecule has 2 aromatic rings. The van der Waals surface area contributed by atoms with Crippen LogP contribution in [0.25, 0.3) is 11.1 Å². The molecule has 5 rings (SSSR count). The van der Waals surface area contributed by atoms with E-state index in [-0.39, 0.29) is 0 Å². The van der Waals surface area contributed by atoms with Crippen LogP contribution in [0.4, 0.5) is 17.1 Å². The Balaban J connectivity index is 0.000000412. The number of hydrogen-bond donors (Lipinski definition) is 2. The van der Waals surface area contributed by atoms with Gasteiger partial charge >= 0.3 is 0 Å². The Bertz CT molecular complexity index is 1220. The lowest BCUT2D eigenvalue weighted by molar-refractivity contribution is 0.100. The second-order valence-corrected chi connectivity index (χ2v) is 12.9. The number of rotatable bonds is 9. The lowest BCUT2D eigenvalue weighted by atomic mass is 9.88. The Hall–Kier alpha value is -3.08. The molecule has 1 unspecified atom stereocenters. The highest BCUT2D eigenvalue weighted by molar-refractivity contribution is 6.07. The van der Waals surface area contributed by atoms with Crippen LogP contribution in [0.1, 0.15) is 134 Å². The van der Waals surface area contributed by atoms with Gasteiger partial charge in [-0.05, 0) is 84.0 Å². The summed E-state index contributed by atoms with van der Waals surface area (Å²) in [7, 11) is 2.00. The van der Waals surface area contributed by atoms with Gasteiger partial charge in [0.05, 0.1) is 22.6 Å².